The van der Waals surface area contributed by atoms with Crippen LogP contribution in [0.3, 0.4) is 0 Å². The van der Waals surface area contributed by atoms with Gasteiger partial charge in [-0.05, 0) is 54.2 Å². The van der Waals surface area contributed by atoms with Gasteiger partial charge in [-0.3, -0.25) is 4.98 Å². The predicted molar refractivity (Wildman–Crippen MR) is 145 cm³/mol. The molecular weight excluding hydrogens is 484 g/mol. The van der Waals surface area contributed by atoms with Crippen molar-refractivity contribution in [3.8, 4) is 11.8 Å². The van der Waals surface area contributed by atoms with Crippen LogP contribution in [0.5, 0.6) is 0 Å². The van der Waals surface area contributed by atoms with Crippen LogP contribution in [-0.2, 0) is 24.1 Å². The zero-order valence-electron chi connectivity index (χ0n) is 22.0. The first-order chi connectivity index (χ1) is 18.4. The lowest BCUT2D eigenvalue weighted by molar-refractivity contribution is 0.0237. The third kappa shape index (κ3) is 9.37. The first-order valence-electron chi connectivity index (χ1n) is 13.0. The van der Waals surface area contributed by atoms with Crippen LogP contribution in [0.25, 0.3) is 0 Å². The van der Waals surface area contributed by atoms with E-state index in [1.54, 1.807) is 12.3 Å². The van der Waals surface area contributed by atoms with Crippen molar-refractivity contribution in [3.63, 3.8) is 0 Å². The Labute approximate surface area is 223 Å². The van der Waals surface area contributed by atoms with Crippen LogP contribution in [0, 0.1) is 23.5 Å². The molecule has 3 aromatic rings. The Morgan fingerprint density at radius 2 is 1.82 bits per heavy atom. The van der Waals surface area contributed by atoms with Crippen LogP contribution in [0.15, 0.2) is 60.9 Å². The maximum absolute atomic E-state index is 13.7. The summed E-state index contributed by atoms with van der Waals surface area (Å²) in [5.41, 5.74) is 10.0. The van der Waals surface area contributed by atoms with Gasteiger partial charge in [0.2, 0.25) is 0 Å². The van der Waals surface area contributed by atoms with E-state index in [1.807, 2.05) is 12.1 Å². The number of ether oxygens (including phenoxy) is 1. The fourth-order valence-corrected chi connectivity index (χ4v) is 3.99. The van der Waals surface area contributed by atoms with Gasteiger partial charge < -0.3 is 15.8 Å². The van der Waals surface area contributed by atoms with Crippen molar-refractivity contribution in [1.29, 1.82) is 0 Å². The summed E-state index contributed by atoms with van der Waals surface area (Å²) in [4.78, 5) is 17.2. The average Bonchev–Trinajstić information content (AvgIpc) is 2.90. The lowest BCUT2D eigenvalue weighted by atomic mass is 10.0. The standard InChI is InChI=1S/C31H35F2N3O2/c1-3-5-6-7-9-24-13-26(20-35-19-24)31(37)38-30(21-36-18-23-11-8-10-22(4-2)12-23)29(34)16-25-14-27(32)17-28(33)15-25/h8,10-15,17,19-20,29-30,36H,3-6,16,18,21,34H2,1-2H3/t29-,30+/m0/s1. The van der Waals surface area contributed by atoms with Crippen LogP contribution in [0.1, 0.15) is 65.7 Å². The number of hydrogen-bond acceptors (Lipinski definition) is 5. The van der Waals surface area contributed by atoms with Crippen LogP contribution >= 0.6 is 0 Å². The first kappa shape index (κ1) is 29.0. The number of aryl methyl sites for hydroxylation is 1. The SMILES string of the molecule is CCCCC#Cc1cncc(C(=O)O[C@H](CNCc2cccc(CC)c2)[C@@H](N)Cc2cc(F)cc(F)c2)c1. The summed E-state index contributed by atoms with van der Waals surface area (Å²) in [7, 11) is 0. The zero-order chi connectivity index (χ0) is 27.3. The Kier molecular flexibility index (Phi) is 11.4. The molecule has 0 radical (unpaired) electrons. The largest absolute Gasteiger partial charge is 0.456 e. The van der Waals surface area contributed by atoms with Gasteiger partial charge in [0, 0.05) is 49.6 Å². The zero-order valence-corrected chi connectivity index (χ0v) is 22.0. The number of nitrogens with zero attached hydrogens (tertiary/aromatic N) is 1. The van der Waals surface area contributed by atoms with E-state index in [9.17, 15) is 13.6 Å². The molecule has 7 heteroatoms. The number of carbonyl (C=O) groups is 1. The number of hydrogen-bond donors (Lipinski definition) is 2. The number of aromatic nitrogens is 1. The molecule has 1 heterocycles. The molecule has 2 atom stereocenters. The third-order valence-corrected chi connectivity index (χ3v) is 6.07. The number of nitrogens with two attached hydrogens (primary N) is 1. The van der Waals surface area contributed by atoms with E-state index in [4.69, 9.17) is 10.5 Å². The smallest absolute Gasteiger partial charge is 0.340 e. The lowest BCUT2D eigenvalue weighted by Crippen LogP contribution is -2.46. The summed E-state index contributed by atoms with van der Waals surface area (Å²) in [5.74, 6) is 4.16. The Morgan fingerprint density at radius 1 is 1.05 bits per heavy atom. The van der Waals surface area contributed by atoms with Gasteiger partial charge in [-0.25, -0.2) is 13.6 Å². The number of carbonyl (C=O) groups excluding carboxylic acids is 1. The van der Waals surface area contributed by atoms with E-state index in [-0.39, 0.29) is 18.5 Å². The summed E-state index contributed by atoms with van der Waals surface area (Å²) in [5, 5.41) is 3.31. The topological polar surface area (TPSA) is 77.2 Å². The van der Waals surface area contributed by atoms with Gasteiger partial charge in [-0.1, -0.05) is 56.4 Å². The molecule has 0 spiro atoms. The quantitative estimate of drug-likeness (QED) is 0.192. The predicted octanol–water partition coefficient (Wildman–Crippen LogP) is 5.35. The number of nitrogens with one attached hydrogen (secondary N) is 1. The van der Waals surface area contributed by atoms with Crippen molar-refractivity contribution in [2.24, 2.45) is 5.73 Å². The van der Waals surface area contributed by atoms with E-state index >= 15 is 0 Å². The molecule has 38 heavy (non-hydrogen) atoms. The Bertz CT molecular complexity index is 1250. The molecule has 0 saturated heterocycles. The molecule has 0 fully saturated rings. The molecule has 0 unspecified atom stereocenters. The van der Waals surface area contributed by atoms with Gasteiger partial charge in [-0.15, -0.1) is 0 Å². The fourth-order valence-electron chi connectivity index (χ4n) is 3.99. The highest BCUT2D eigenvalue weighted by atomic mass is 19.1. The molecule has 0 aliphatic rings. The normalized spacial score (nSPS) is 12.3. The van der Waals surface area contributed by atoms with Crippen LogP contribution in [0.2, 0.25) is 0 Å². The lowest BCUT2D eigenvalue weighted by Gasteiger charge is -2.25. The highest BCUT2D eigenvalue weighted by molar-refractivity contribution is 5.89. The first-order valence-corrected chi connectivity index (χ1v) is 13.0. The second-order valence-corrected chi connectivity index (χ2v) is 9.26. The Hall–Kier alpha value is -3.60. The van der Waals surface area contributed by atoms with Crippen LogP contribution in [0.4, 0.5) is 8.78 Å². The van der Waals surface area contributed by atoms with E-state index in [2.05, 4.69) is 48.1 Å². The highest BCUT2D eigenvalue weighted by Crippen LogP contribution is 2.14. The Morgan fingerprint density at radius 3 is 2.55 bits per heavy atom. The average molecular weight is 520 g/mol. The van der Waals surface area contributed by atoms with Crippen molar-refractivity contribution in [3.05, 3.63) is 100 Å². The number of benzene rings is 2. The second kappa shape index (κ2) is 15.0. The maximum Gasteiger partial charge on any atom is 0.340 e. The number of pyridine rings is 1. The summed E-state index contributed by atoms with van der Waals surface area (Å²) in [6.45, 7) is 5.00. The van der Waals surface area contributed by atoms with Gasteiger partial charge in [0.15, 0.2) is 0 Å². The maximum atomic E-state index is 13.7. The third-order valence-electron chi connectivity index (χ3n) is 6.07. The minimum atomic E-state index is -0.762. The molecule has 5 nitrogen and oxygen atoms in total. The molecule has 1 aromatic heterocycles. The fraction of sp³-hybridized carbons (Fsp3) is 0.355. The molecule has 0 aliphatic carbocycles. The van der Waals surface area contributed by atoms with Crippen molar-refractivity contribution >= 4 is 5.97 Å². The number of rotatable bonds is 12. The van der Waals surface area contributed by atoms with Gasteiger partial charge >= 0.3 is 5.97 Å². The van der Waals surface area contributed by atoms with Gasteiger partial charge in [0.1, 0.15) is 17.7 Å². The second-order valence-electron chi connectivity index (χ2n) is 9.26. The molecule has 200 valence electrons. The summed E-state index contributed by atoms with van der Waals surface area (Å²) >= 11 is 0. The monoisotopic (exact) mass is 519 g/mol. The van der Waals surface area contributed by atoms with E-state index in [1.165, 1.54) is 23.9 Å². The molecule has 0 bridgehead atoms. The minimum Gasteiger partial charge on any atom is -0.456 e. The highest BCUT2D eigenvalue weighted by Gasteiger charge is 2.24. The van der Waals surface area contributed by atoms with Crippen LogP contribution in [-0.4, -0.2) is 29.6 Å². The molecule has 0 amide bonds. The van der Waals surface area contributed by atoms with Gasteiger partial charge in [0.05, 0.1) is 5.56 Å². The van der Waals surface area contributed by atoms with Gasteiger partial charge in [0.25, 0.3) is 0 Å². The van der Waals surface area contributed by atoms with E-state index in [0.29, 0.717) is 17.7 Å². The van der Waals surface area contributed by atoms with E-state index < -0.39 is 29.7 Å². The van der Waals surface area contributed by atoms with Crippen molar-refractivity contribution < 1.29 is 18.3 Å². The van der Waals surface area contributed by atoms with E-state index in [0.717, 1.165) is 37.3 Å². The van der Waals surface area contributed by atoms with Crippen LogP contribution < -0.4 is 11.1 Å². The Balaban J connectivity index is 1.73. The number of unbranched alkanes of at least 4 members (excludes halogenated alkanes) is 2. The molecule has 0 aliphatic heterocycles. The molecule has 3 N–H and O–H groups in total. The number of esters is 1. The molecular formula is C31H35F2N3O2. The molecule has 3 rings (SSSR count). The minimum absolute atomic E-state index is 0.126. The summed E-state index contributed by atoms with van der Waals surface area (Å²) in [6.07, 6.45) is 6.16. The molecule has 0 saturated carbocycles. The summed E-state index contributed by atoms with van der Waals surface area (Å²) in [6, 6.07) is 12.4. The van der Waals surface area contributed by atoms with Crippen molar-refractivity contribution in [2.45, 2.75) is 64.6 Å². The summed E-state index contributed by atoms with van der Waals surface area (Å²) < 4.78 is 33.3. The molecule has 2 aromatic carbocycles. The number of halogens is 2. The van der Waals surface area contributed by atoms with Crippen molar-refractivity contribution in [1.82, 2.24) is 10.3 Å². The van der Waals surface area contributed by atoms with Gasteiger partial charge in [-0.2, -0.15) is 0 Å². The van der Waals surface area contributed by atoms with Crippen molar-refractivity contribution in [2.75, 3.05) is 6.54 Å².